The summed E-state index contributed by atoms with van der Waals surface area (Å²) in [6.07, 6.45) is 1.68. The number of nitrogens with zero attached hydrogens (tertiary/aromatic N) is 2. The van der Waals surface area contributed by atoms with Crippen LogP contribution in [0.4, 0.5) is 10.8 Å². The molecule has 2 heterocycles. The second kappa shape index (κ2) is 7.93. The number of fused-ring (bicyclic) bond motifs is 1. The molecule has 2 aromatic rings. The molecular formula is C16H15N3O6S. The molecule has 1 aliphatic heterocycles. The van der Waals surface area contributed by atoms with Crippen LogP contribution in [0.3, 0.4) is 0 Å². The molecule has 0 unspecified atom stereocenters. The number of ether oxygens (including phenoxy) is 3. The summed E-state index contributed by atoms with van der Waals surface area (Å²) in [5, 5.41) is 16.2. The number of nitro groups is 1. The average molecular weight is 377 g/mol. The van der Waals surface area contributed by atoms with Crippen molar-refractivity contribution in [1.29, 1.82) is 0 Å². The molecule has 10 heteroatoms. The Hall–Kier alpha value is -2.98. The minimum absolute atomic E-state index is 0.0379. The number of benzene rings is 1. The molecule has 1 N–H and O–H groups in total. The van der Waals surface area contributed by atoms with Gasteiger partial charge in [0.1, 0.15) is 12.4 Å². The molecule has 0 saturated carbocycles. The van der Waals surface area contributed by atoms with E-state index in [9.17, 15) is 14.9 Å². The minimum atomic E-state index is -0.625. The highest BCUT2D eigenvalue weighted by Crippen LogP contribution is 2.33. The Labute approximate surface area is 152 Å². The van der Waals surface area contributed by atoms with Crippen LogP contribution >= 0.6 is 11.3 Å². The van der Waals surface area contributed by atoms with E-state index < -0.39 is 10.9 Å². The third-order valence-corrected chi connectivity index (χ3v) is 4.25. The van der Waals surface area contributed by atoms with Crippen molar-refractivity contribution in [3.63, 3.8) is 0 Å². The van der Waals surface area contributed by atoms with Gasteiger partial charge in [0.05, 0.1) is 11.5 Å². The number of rotatable bonds is 7. The highest BCUT2D eigenvalue weighted by molar-refractivity contribution is 7.13. The third-order valence-electron chi connectivity index (χ3n) is 3.45. The number of carbonyl (C=O) groups excluding carboxylic acids is 1. The van der Waals surface area contributed by atoms with Crippen molar-refractivity contribution in [2.24, 2.45) is 0 Å². The molecule has 1 aromatic heterocycles. The lowest BCUT2D eigenvalue weighted by molar-refractivity contribution is -0.385. The van der Waals surface area contributed by atoms with Crippen LogP contribution in [0.5, 0.6) is 5.75 Å². The number of carbonyl (C=O) groups is 1. The summed E-state index contributed by atoms with van der Waals surface area (Å²) in [6.45, 7) is 4.18. The molecule has 0 aliphatic carbocycles. The zero-order valence-electron chi connectivity index (χ0n) is 13.6. The molecule has 1 aliphatic rings. The first-order chi connectivity index (χ1) is 12.6. The van der Waals surface area contributed by atoms with E-state index in [-0.39, 0.29) is 31.4 Å². The number of anilines is 1. The van der Waals surface area contributed by atoms with E-state index in [1.54, 1.807) is 11.5 Å². The number of aromatic nitrogens is 1. The Bertz CT molecular complexity index is 851. The Balaban J connectivity index is 1.73. The van der Waals surface area contributed by atoms with Crippen LogP contribution < -0.4 is 10.1 Å². The van der Waals surface area contributed by atoms with E-state index in [1.165, 1.54) is 23.5 Å². The molecule has 0 spiro atoms. The summed E-state index contributed by atoms with van der Waals surface area (Å²) < 4.78 is 15.8. The molecule has 0 fully saturated rings. The summed E-state index contributed by atoms with van der Waals surface area (Å²) in [5.41, 5.74) is 0.991. The number of hydrogen-bond donors (Lipinski definition) is 1. The fraction of sp³-hybridized carbons (Fsp3) is 0.250. The van der Waals surface area contributed by atoms with Crippen LogP contribution in [-0.2, 0) is 22.7 Å². The first-order valence-electron chi connectivity index (χ1n) is 7.56. The van der Waals surface area contributed by atoms with E-state index in [1.807, 2.05) is 0 Å². The smallest absolute Gasteiger partial charge is 0.358 e. The molecule has 0 atom stereocenters. The Kier molecular flexibility index (Phi) is 5.44. The first kappa shape index (κ1) is 17.8. The van der Waals surface area contributed by atoms with Crippen molar-refractivity contribution >= 4 is 28.1 Å². The predicted molar refractivity (Wildman–Crippen MR) is 93.3 cm³/mol. The van der Waals surface area contributed by atoms with Gasteiger partial charge < -0.3 is 19.5 Å². The van der Waals surface area contributed by atoms with E-state index in [4.69, 9.17) is 14.2 Å². The topological polar surface area (TPSA) is 113 Å². The fourth-order valence-electron chi connectivity index (χ4n) is 2.32. The van der Waals surface area contributed by atoms with Crippen molar-refractivity contribution in [2.75, 3.05) is 18.7 Å². The lowest BCUT2D eigenvalue weighted by Gasteiger charge is -2.20. The molecule has 3 rings (SSSR count). The number of nitrogens with one attached hydrogen (secondary N) is 1. The summed E-state index contributed by atoms with van der Waals surface area (Å²) in [6, 6.07) is 2.72. The zero-order valence-corrected chi connectivity index (χ0v) is 14.4. The van der Waals surface area contributed by atoms with Crippen molar-refractivity contribution in [3.8, 4) is 5.75 Å². The van der Waals surface area contributed by atoms with Gasteiger partial charge in [-0.1, -0.05) is 6.08 Å². The number of esters is 1. The molecule has 26 heavy (non-hydrogen) atoms. The minimum Gasteiger partial charge on any atom is -0.467 e. The molecule has 136 valence electrons. The summed E-state index contributed by atoms with van der Waals surface area (Å²) in [5.74, 6) is -0.179. The van der Waals surface area contributed by atoms with Crippen molar-refractivity contribution in [3.05, 3.63) is 57.1 Å². The zero-order chi connectivity index (χ0) is 18.5. The van der Waals surface area contributed by atoms with E-state index in [0.29, 0.717) is 28.6 Å². The van der Waals surface area contributed by atoms with Crippen molar-refractivity contribution < 1.29 is 23.9 Å². The molecule has 0 bridgehead atoms. The molecular weight excluding hydrogens is 362 g/mol. The largest absolute Gasteiger partial charge is 0.467 e. The Morgan fingerprint density at radius 2 is 2.38 bits per heavy atom. The standard InChI is InChI=1S/C16H15N3O6S/c1-2-3-17-16-18-13(8-26-16)15(20)24-7-11-5-12(19(21)22)4-10-6-23-9-25-14(10)11/h2,4-5,8H,1,3,6-7,9H2,(H,17,18). The number of thiazole rings is 1. The summed E-state index contributed by atoms with van der Waals surface area (Å²) >= 11 is 1.27. The highest BCUT2D eigenvalue weighted by Gasteiger charge is 2.22. The molecule has 0 radical (unpaired) electrons. The van der Waals surface area contributed by atoms with Gasteiger partial charge in [0, 0.05) is 35.2 Å². The van der Waals surface area contributed by atoms with Gasteiger partial charge in [-0.3, -0.25) is 10.1 Å². The SMILES string of the molecule is C=CCNc1nc(C(=O)OCc2cc([N+](=O)[O-])cc3c2OCOC3)cs1. The van der Waals surface area contributed by atoms with Gasteiger partial charge in [0.25, 0.3) is 5.69 Å². The second-order valence-corrected chi connectivity index (χ2v) is 6.10. The molecule has 0 amide bonds. The number of non-ortho nitro benzene ring substituents is 1. The summed E-state index contributed by atoms with van der Waals surface area (Å²) in [7, 11) is 0. The maximum atomic E-state index is 12.2. The van der Waals surface area contributed by atoms with Gasteiger partial charge in [-0.05, 0) is 0 Å². The molecule has 1 aromatic carbocycles. The van der Waals surface area contributed by atoms with Crippen molar-refractivity contribution in [1.82, 2.24) is 4.98 Å². The maximum Gasteiger partial charge on any atom is 0.358 e. The monoisotopic (exact) mass is 377 g/mol. The normalized spacial score (nSPS) is 12.6. The van der Waals surface area contributed by atoms with E-state index in [2.05, 4.69) is 16.9 Å². The van der Waals surface area contributed by atoms with Crippen LogP contribution in [0.2, 0.25) is 0 Å². The maximum absolute atomic E-state index is 12.2. The van der Waals surface area contributed by atoms with Crippen LogP contribution in [-0.4, -0.2) is 29.2 Å². The molecule has 0 saturated heterocycles. The number of nitro benzene ring substituents is 1. The van der Waals surface area contributed by atoms with Gasteiger partial charge in [-0.2, -0.15) is 0 Å². The first-order valence-corrected chi connectivity index (χ1v) is 8.44. The third kappa shape index (κ3) is 3.98. The Morgan fingerprint density at radius 3 is 3.15 bits per heavy atom. The predicted octanol–water partition coefficient (Wildman–Crippen LogP) is 2.87. The molecule has 9 nitrogen and oxygen atoms in total. The van der Waals surface area contributed by atoms with E-state index >= 15 is 0 Å². The van der Waals surface area contributed by atoms with Gasteiger partial charge in [0.15, 0.2) is 17.6 Å². The Morgan fingerprint density at radius 1 is 1.54 bits per heavy atom. The fourth-order valence-corrected chi connectivity index (χ4v) is 3.01. The van der Waals surface area contributed by atoms with Crippen LogP contribution in [0.15, 0.2) is 30.2 Å². The van der Waals surface area contributed by atoms with Crippen LogP contribution in [0, 0.1) is 10.1 Å². The second-order valence-electron chi connectivity index (χ2n) is 5.24. The van der Waals surface area contributed by atoms with Crippen molar-refractivity contribution in [2.45, 2.75) is 13.2 Å². The van der Waals surface area contributed by atoms with Gasteiger partial charge >= 0.3 is 5.97 Å². The van der Waals surface area contributed by atoms with Crippen LogP contribution in [0.1, 0.15) is 21.6 Å². The van der Waals surface area contributed by atoms with Crippen LogP contribution in [0.25, 0.3) is 0 Å². The lowest BCUT2D eigenvalue weighted by Crippen LogP contribution is -2.15. The van der Waals surface area contributed by atoms with E-state index in [0.717, 1.165) is 0 Å². The number of hydrogen-bond acceptors (Lipinski definition) is 9. The lowest BCUT2D eigenvalue weighted by atomic mass is 10.1. The average Bonchev–Trinajstić information content (AvgIpc) is 3.13. The summed E-state index contributed by atoms with van der Waals surface area (Å²) in [4.78, 5) is 26.9. The highest BCUT2D eigenvalue weighted by atomic mass is 32.1. The van der Waals surface area contributed by atoms with Gasteiger partial charge in [0.2, 0.25) is 0 Å². The van der Waals surface area contributed by atoms with Gasteiger partial charge in [-0.15, -0.1) is 17.9 Å². The quantitative estimate of drug-likeness (QED) is 0.339. The van der Waals surface area contributed by atoms with Gasteiger partial charge in [-0.25, -0.2) is 9.78 Å².